The molecule has 9 heteroatoms. The van der Waals surface area contributed by atoms with Crippen LogP contribution in [0.4, 0.5) is 9.52 Å². The van der Waals surface area contributed by atoms with Gasteiger partial charge in [-0.2, -0.15) is 0 Å². The van der Waals surface area contributed by atoms with E-state index in [1.807, 2.05) is 23.7 Å². The van der Waals surface area contributed by atoms with Gasteiger partial charge >= 0.3 is 0 Å². The van der Waals surface area contributed by atoms with E-state index in [9.17, 15) is 4.39 Å². The standard InChI is InChI=1S/C20H26FN5OS.HI/c21-17-3-1-16(2-4-17)20(5-12-27-13-6-20)15-24-18(22)25-8-10-26(11-9-25)19-23-7-14-28-19;/h1-4,7,14H,5-6,8-13,15H2,(H2,22,24);1H. The number of guanidine groups is 1. The number of nitrogens with zero attached hydrogens (tertiary/aromatic N) is 4. The van der Waals surface area contributed by atoms with E-state index in [4.69, 9.17) is 15.5 Å². The summed E-state index contributed by atoms with van der Waals surface area (Å²) in [6.45, 7) is 5.43. The van der Waals surface area contributed by atoms with Crippen LogP contribution in [-0.2, 0) is 10.2 Å². The maximum absolute atomic E-state index is 13.4. The number of benzene rings is 1. The molecule has 2 N–H and O–H groups in total. The molecule has 1 aromatic heterocycles. The Balaban J connectivity index is 0.00000240. The first-order valence-corrected chi connectivity index (χ1v) is 10.6. The van der Waals surface area contributed by atoms with Gasteiger partial charge in [-0.25, -0.2) is 9.37 Å². The van der Waals surface area contributed by atoms with Crippen molar-refractivity contribution in [2.45, 2.75) is 18.3 Å². The molecule has 0 aliphatic carbocycles. The number of halogens is 2. The summed E-state index contributed by atoms with van der Waals surface area (Å²) in [5.74, 6) is 0.374. The lowest BCUT2D eigenvalue weighted by Gasteiger charge is -2.38. The molecule has 2 aliphatic rings. The highest BCUT2D eigenvalue weighted by Gasteiger charge is 2.34. The zero-order chi connectivity index (χ0) is 19.4. The van der Waals surface area contributed by atoms with Gasteiger partial charge in [-0.15, -0.1) is 35.3 Å². The maximum Gasteiger partial charge on any atom is 0.191 e. The highest BCUT2D eigenvalue weighted by atomic mass is 127. The summed E-state index contributed by atoms with van der Waals surface area (Å²) in [5.41, 5.74) is 7.32. The molecule has 0 saturated carbocycles. The van der Waals surface area contributed by atoms with Crippen molar-refractivity contribution in [3.05, 3.63) is 47.2 Å². The van der Waals surface area contributed by atoms with Gasteiger partial charge in [-0.3, -0.25) is 4.99 Å². The SMILES string of the molecule is I.NC(=NCC1(c2ccc(F)cc2)CCOCC1)N1CCN(c2nccs2)CC1. The summed E-state index contributed by atoms with van der Waals surface area (Å²) < 4.78 is 18.9. The highest BCUT2D eigenvalue weighted by Crippen LogP contribution is 2.35. The Hall–Kier alpha value is -1.46. The Morgan fingerprint density at radius 3 is 2.48 bits per heavy atom. The van der Waals surface area contributed by atoms with Crippen molar-refractivity contribution in [2.75, 3.05) is 50.8 Å². The largest absolute Gasteiger partial charge is 0.381 e. The molecule has 29 heavy (non-hydrogen) atoms. The van der Waals surface area contributed by atoms with E-state index >= 15 is 0 Å². The summed E-state index contributed by atoms with van der Waals surface area (Å²) in [6.07, 6.45) is 3.57. The molecule has 0 amide bonds. The summed E-state index contributed by atoms with van der Waals surface area (Å²) in [5, 5.41) is 3.06. The molecule has 0 atom stereocenters. The van der Waals surface area contributed by atoms with Crippen molar-refractivity contribution in [3.63, 3.8) is 0 Å². The summed E-state index contributed by atoms with van der Waals surface area (Å²) in [4.78, 5) is 13.6. The van der Waals surface area contributed by atoms with Crippen LogP contribution in [0.5, 0.6) is 0 Å². The number of rotatable bonds is 4. The number of thiazole rings is 1. The fourth-order valence-electron chi connectivity index (χ4n) is 3.93. The second-order valence-corrected chi connectivity index (χ2v) is 8.24. The minimum absolute atomic E-state index is 0. The third kappa shape index (κ3) is 5.18. The van der Waals surface area contributed by atoms with Gasteiger partial charge in [0.2, 0.25) is 0 Å². The molecular weight excluding hydrogens is 504 g/mol. The predicted octanol–water partition coefficient (Wildman–Crippen LogP) is 3.09. The van der Waals surface area contributed by atoms with Crippen molar-refractivity contribution in [1.29, 1.82) is 0 Å². The molecule has 0 unspecified atom stereocenters. The number of anilines is 1. The Labute approximate surface area is 192 Å². The number of piperazine rings is 1. The first-order valence-electron chi connectivity index (χ1n) is 9.69. The lowest BCUT2D eigenvalue weighted by atomic mass is 9.74. The number of nitrogens with two attached hydrogens (primary N) is 1. The molecule has 158 valence electrons. The van der Waals surface area contributed by atoms with Gasteiger partial charge in [0.05, 0.1) is 6.54 Å². The van der Waals surface area contributed by atoms with E-state index < -0.39 is 0 Å². The van der Waals surface area contributed by atoms with Gasteiger partial charge in [0.15, 0.2) is 11.1 Å². The van der Waals surface area contributed by atoms with E-state index in [-0.39, 0.29) is 35.2 Å². The highest BCUT2D eigenvalue weighted by molar-refractivity contribution is 14.0. The second-order valence-electron chi connectivity index (χ2n) is 7.36. The summed E-state index contributed by atoms with van der Waals surface area (Å²) in [7, 11) is 0. The van der Waals surface area contributed by atoms with Crippen LogP contribution < -0.4 is 10.6 Å². The molecule has 2 aromatic rings. The Morgan fingerprint density at radius 2 is 1.86 bits per heavy atom. The third-order valence-electron chi connectivity index (χ3n) is 5.74. The zero-order valence-electron chi connectivity index (χ0n) is 16.3. The van der Waals surface area contributed by atoms with Crippen molar-refractivity contribution < 1.29 is 9.13 Å². The quantitative estimate of drug-likeness (QED) is 0.373. The molecule has 2 fully saturated rings. The Kier molecular flexibility index (Phi) is 7.69. The van der Waals surface area contributed by atoms with Gasteiger partial charge in [-0.1, -0.05) is 12.1 Å². The van der Waals surface area contributed by atoms with Crippen molar-refractivity contribution in [2.24, 2.45) is 10.7 Å². The first-order chi connectivity index (χ1) is 13.7. The van der Waals surface area contributed by atoms with Crippen molar-refractivity contribution >= 4 is 46.4 Å². The number of aliphatic imine (C=N–C) groups is 1. The van der Waals surface area contributed by atoms with Gasteiger partial charge in [0.25, 0.3) is 0 Å². The van der Waals surface area contributed by atoms with Crippen LogP contribution in [0.15, 0.2) is 40.8 Å². The molecule has 3 heterocycles. The van der Waals surface area contributed by atoms with E-state index in [0.717, 1.165) is 49.7 Å². The average Bonchev–Trinajstić information content (AvgIpc) is 3.28. The molecule has 2 saturated heterocycles. The van der Waals surface area contributed by atoms with Crippen LogP contribution in [0.2, 0.25) is 0 Å². The van der Waals surface area contributed by atoms with E-state index in [1.54, 1.807) is 11.3 Å². The molecule has 4 rings (SSSR count). The summed E-state index contributed by atoms with van der Waals surface area (Å²) in [6, 6.07) is 6.80. The smallest absolute Gasteiger partial charge is 0.191 e. The van der Waals surface area contributed by atoms with Gasteiger partial charge in [-0.05, 0) is 30.5 Å². The molecule has 0 spiro atoms. The molecule has 1 aromatic carbocycles. The minimum atomic E-state index is -0.216. The lowest BCUT2D eigenvalue weighted by Crippen LogP contribution is -2.51. The number of ether oxygens (including phenoxy) is 1. The topological polar surface area (TPSA) is 67.0 Å². The molecule has 0 bridgehead atoms. The number of hydrogen-bond acceptors (Lipinski definition) is 5. The lowest BCUT2D eigenvalue weighted by molar-refractivity contribution is 0.0530. The van der Waals surface area contributed by atoms with Crippen LogP contribution in [0, 0.1) is 5.82 Å². The predicted molar refractivity (Wildman–Crippen MR) is 126 cm³/mol. The molecular formula is C20H27FIN5OS. The Bertz CT molecular complexity index is 788. The van der Waals surface area contributed by atoms with Crippen LogP contribution in [0.25, 0.3) is 0 Å². The molecule has 0 radical (unpaired) electrons. The van der Waals surface area contributed by atoms with E-state index in [0.29, 0.717) is 25.7 Å². The zero-order valence-corrected chi connectivity index (χ0v) is 19.4. The van der Waals surface area contributed by atoms with E-state index in [2.05, 4.69) is 14.8 Å². The van der Waals surface area contributed by atoms with Gasteiger partial charge < -0.3 is 20.3 Å². The average molecular weight is 531 g/mol. The van der Waals surface area contributed by atoms with Crippen molar-refractivity contribution in [3.8, 4) is 0 Å². The maximum atomic E-state index is 13.4. The fourth-order valence-corrected chi connectivity index (χ4v) is 4.63. The molecule has 2 aliphatic heterocycles. The number of aromatic nitrogens is 1. The fraction of sp³-hybridized carbons (Fsp3) is 0.500. The van der Waals surface area contributed by atoms with E-state index in [1.165, 1.54) is 12.1 Å². The van der Waals surface area contributed by atoms with Gasteiger partial charge in [0.1, 0.15) is 5.82 Å². The van der Waals surface area contributed by atoms with Crippen LogP contribution >= 0.6 is 35.3 Å². The summed E-state index contributed by atoms with van der Waals surface area (Å²) >= 11 is 1.66. The third-order valence-corrected chi connectivity index (χ3v) is 6.58. The minimum Gasteiger partial charge on any atom is -0.381 e. The Morgan fingerprint density at radius 1 is 1.17 bits per heavy atom. The second kappa shape index (κ2) is 10.0. The first kappa shape index (κ1) is 22.2. The van der Waals surface area contributed by atoms with Crippen LogP contribution in [0.3, 0.4) is 0 Å². The molecule has 6 nitrogen and oxygen atoms in total. The van der Waals surface area contributed by atoms with Crippen LogP contribution in [-0.4, -0.2) is 61.8 Å². The monoisotopic (exact) mass is 531 g/mol. The number of hydrogen-bond donors (Lipinski definition) is 1. The van der Waals surface area contributed by atoms with Gasteiger partial charge in [0, 0.05) is 56.4 Å². The van der Waals surface area contributed by atoms with Crippen molar-refractivity contribution in [1.82, 2.24) is 9.88 Å². The van der Waals surface area contributed by atoms with Crippen LogP contribution in [0.1, 0.15) is 18.4 Å². The normalized spacial score (nSPS) is 19.7.